The second-order valence-corrected chi connectivity index (χ2v) is 11.6. The van der Waals surface area contributed by atoms with Gasteiger partial charge in [-0.25, -0.2) is 4.57 Å². The number of phosphoric acid groups is 1. The molecule has 0 aliphatic rings. The van der Waals surface area contributed by atoms with Gasteiger partial charge in [-0.1, -0.05) is 100 Å². The van der Waals surface area contributed by atoms with Crippen LogP contribution in [0.3, 0.4) is 0 Å². The molecule has 3 N–H and O–H groups in total. The number of carbonyl (C=O) groups excluding carboxylic acids is 2. The van der Waals surface area contributed by atoms with Crippen molar-refractivity contribution in [2.75, 3.05) is 26.4 Å². The van der Waals surface area contributed by atoms with Crippen molar-refractivity contribution in [3.63, 3.8) is 0 Å². The first-order chi connectivity index (χ1) is 21.2. The molecule has 44 heavy (non-hydrogen) atoms. The first-order valence-electron chi connectivity index (χ1n) is 15.8. The lowest BCUT2D eigenvalue weighted by Gasteiger charge is -2.20. The standard InChI is InChI=1S/C33H55O10P/c1-3-5-7-9-11-13-14-15-16-17-19-21-23-25-33(37)43-31(29-42-44(38,39)41-27-30(35)26-34)28-40-32(36)24-22-20-18-12-10-8-6-4-2/h5,7,9,11,13-16,18,20,30-31,34-35H,3-4,6,8,10,12,17,19,21-29H2,1-2H3,(H,38,39)/b7-5+,11-9+,14-13+,16-15+,20-18+/t30-,31?/m0/s1. The Hall–Kier alpha value is -2.33. The van der Waals surface area contributed by atoms with E-state index in [4.69, 9.17) is 19.1 Å². The van der Waals surface area contributed by atoms with Gasteiger partial charge in [0.1, 0.15) is 12.7 Å². The van der Waals surface area contributed by atoms with Crippen LogP contribution in [0.1, 0.15) is 97.3 Å². The van der Waals surface area contributed by atoms with E-state index in [0.717, 1.165) is 38.5 Å². The minimum atomic E-state index is -4.62. The topological polar surface area (TPSA) is 149 Å². The molecule has 0 heterocycles. The molecule has 0 amide bonds. The molecule has 0 aliphatic heterocycles. The predicted molar refractivity (Wildman–Crippen MR) is 173 cm³/mol. The number of aliphatic hydroxyl groups excluding tert-OH is 2. The summed E-state index contributed by atoms with van der Waals surface area (Å²) in [5.41, 5.74) is 0. The Morgan fingerprint density at radius 1 is 0.705 bits per heavy atom. The third-order valence-corrected chi connectivity index (χ3v) is 6.96. The maximum atomic E-state index is 12.4. The van der Waals surface area contributed by atoms with Gasteiger partial charge in [0.05, 0.1) is 19.8 Å². The number of phosphoric ester groups is 1. The fraction of sp³-hybridized carbons (Fsp3) is 0.636. The highest BCUT2D eigenvalue weighted by molar-refractivity contribution is 7.47. The molecule has 0 spiro atoms. The molecule has 0 aromatic carbocycles. The minimum absolute atomic E-state index is 0.128. The maximum Gasteiger partial charge on any atom is 0.472 e. The van der Waals surface area contributed by atoms with Crippen LogP contribution in [0.4, 0.5) is 0 Å². The van der Waals surface area contributed by atoms with Crippen molar-refractivity contribution in [3.05, 3.63) is 60.8 Å². The highest BCUT2D eigenvalue weighted by atomic mass is 31.2. The largest absolute Gasteiger partial charge is 0.472 e. The molecular weight excluding hydrogens is 587 g/mol. The Kier molecular flexibility index (Phi) is 27.8. The van der Waals surface area contributed by atoms with E-state index >= 15 is 0 Å². The summed E-state index contributed by atoms with van der Waals surface area (Å²) in [6.07, 6.45) is 28.1. The zero-order valence-electron chi connectivity index (χ0n) is 26.6. The highest BCUT2D eigenvalue weighted by Crippen LogP contribution is 2.43. The highest BCUT2D eigenvalue weighted by Gasteiger charge is 2.27. The summed E-state index contributed by atoms with van der Waals surface area (Å²) in [5.74, 6) is -1.05. The van der Waals surface area contributed by atoms with Crippen LogP contribution in [-0.2, 0) is 32.7 Å². The van der Waals surface area contributed by atoms with Gasteiger partial charge in [-0.05, 0) is 44.9 Å². The van der Waals surface area contributed by atoms with Crippen molar-refractivity contribution in [3.8, 4) is 0 Å². The van der Waals surface area contributed by atoms with Crippen molar-refractivity contribution in [1.29, 1.82) is 0 Å². The van der Waals surface area contributed by atoms with Crippen LogP contribution in [0.15, 0.2) is 60.8 Å². The van der Waals surface area contributed by atoms with Crippen molar-refractivity contribution in [2.45, 2.75) is 110 Å². The van der Waals surface area contributed by atoms with E-state index in [9.17, 15) is 24.2 Å². The number of hydrogen-bond donors (Lipinski definition) is 3. The number of esters is 2. The quantitative estimate of drug-likeness (QED) is 0.0273. The van der Waals surface area contributed by atoms with Crippen molar-refractivity contribution < 1.29 is 47.8 Å². The van der Waals surface area contributed by atoms with Gasteiger partial charge in [0.25, 0.3) is 0 Å². The normalized spacial score (nSPS) is 15.1. The summed E-state index contributed by atoms with van der Waals surface area (Å²) in [6.45, 7) is 2.03. The maximum absolute atomic E-state index is 12.4. The summed E-state index contributed by atoms with van der Waals surface area (Å²) >= 11 is 0. The monoisotopic (exact) mass is 642 g/mol. The van der Waals surface area contributed by atoms with Crippen LogP contribution in [0.2, 0.25) is 0 Å². The second-order valence-electron chi connectivity index (χ2n) is 10.2. The summed E-state index contributed by atoms with van der Waals surface area (Å²) in [4.78, 5) is 34.5. The first kappa shape index (κ1) is 41.7. The Morgan fingerprint density at radius 3 is 2.00 bits per heavy atom. The van der Waals surface area contributed by atoms with Gasteiger partial charge >= 0.3 is 19.8 Å². The van der Waals surface area contributed by atoms with E-state index in [2.05, 4.69) is 30.5 Å². The summed E-state index contributed by atoms with van der Waals surface area (Å²) in [7, 11) is -4.62. The average molecular weight is 643 g/mol. The lowest BCUT2D eigenvalue weighted by molar-refractivity contribution is -0.161. The number of hydrogen-bond acceptors (Lipinski definition) is 9. The molecule has 11 heteroatoms. The number of rotatable bonds is 28. The molecule has 0 bridgehead atoms. The smallest absolute Gasteiger partial charge is 0.462 e. The summed E-state index contributed by atoms with van der Waals surface area (Å²) < 4.78 is 32.2. The van der Waals surface area contributed by atoms with Crippen LogP contribution in [0.25, 0.3) is 0 Å². The molecule has 0 saturated carbocycles. The molecule has 2 unspecified atom stereocenters. The predicted octanol–water partition coefficient (Wildman–Crippen LogP) is 6.82. The lowest BCUT2D eigenvalue weighted by atomic mass is 10.1. The van der Waals surface area contributed by atoms with Gasteiger partial charge in [-0.3, -0.25) is 18.6 Å². The number of allylic oxidation sites excluding steroid dienone is 10. The van der Waals surface area contributed by atoms with Gasteiger partial charge in [0.15, 0.2) is 6.10 Å². The molecule has 0 fully saturated rings. The van der Waals surface area contributed by atoms with Gasteiger partial charge in [0, 0.05) is 12.8 Å². The molecule has 0 aromatic rings. The van der Waals surface area contributed by atoms with Crippen molar-refractivity contribution in [2.24, 2.45) is 0 Å². The molecule has 0 saturated heterocycles. The number of aliphatic hydroxyl groups is 2. The van der Waals surface area contributed by atoms with E-state index in [1.165, 1.54) is 19.3 Å². The summed E-state index contributed by atoms with van der Waals surface area (Å²) in [6, 6.07) is 0. The van der Waals surface area contributed by atoms with Crippen molar-refractivity contribution in [1.82, 2.24) is 0 Å². The van der Waals surface area contributed by atoms with Crippen LogP contribution < -0.4 is 0 Å². The second kappa shape index (κ2) is 29.4. The first-order valence-corrected chi connectivity index (χ1v) is 17.3. The van der Waals surface area contributed by atoms with Crippen LogP contribution >= 0.6 is 7.82 Å². The molecule has 0 aromatic heterocycles. The van der Waals surface area contributed by atoms with Gasteiger partial charge in [0.2, 0.25) is 0 Å². The van der Waals surface area contributed by atoms with Gasteiger partial charge < -0.3 is 24.6 Å². The van der Waals surface area contributed by atoms with Crippen LogP contribution in [0, 0.1) is 0 Å². The molecule has 252 valence electrons. The van der Waals surface area contributed by atoms with E-state index in [0.29, 0.717) is 12.8 Å². The van der Waals surface area contributed by atoms with Crippen LogP contribution in [0.5, 0.6) is 0 Å². The number of unbranched alkanes of at least 4 members (excludes halogenated alkanes) is 7. The fourth-order valence-electron chi connectivity index (χ4n) is 3.55. The molecule has 0 rings (SSSR count). The Labute approximate surface area is 264 Å². The third-order valence-electron chi connectivity index (χ3n) is 6.01. The summed E-state index contributed by atoms with van der Waals surface area (Å²) in [5, 5.41) is 18.2. The van der Waals surface area contributed by atoms with Crippen molar-refractivity contribution >= 4 is 19.8 Å². The fourth-order valence-corrected chi connectivity index (χ4v) is 4.34. The minimum Gasteiger partial charge on any atom is -0.462 e. The van der Waals surface area contributed by atoms with E-state index < -0.39 is 51.8 Å². The van der Waals surface area contributed by atoms with Gasteiger partial charge in [-0.2, -0.15) is 0 Å². The molecule has 0 aliphatic carbocycles. The Morgan fingerprint density at radius 2 is 1.32 bits per heavy atom. The average Bonchev–Trinajstić information content (AvgIpc) is 3.00. The van der Waals surface area contributed by atoms with Crippen LogP contribution in [-0.4, -0.2) is 65.7 Å². The number of ether oxygens (including phenoxy) is 2. The molecule has 0 radical (unpaired) electrons. The lowest BCUT2D eigenvalue weighted by Crippen LogP contribution is -2.29. The van der Waals surface area contributed by atoms with E-state index in [1.807, 2.05) is 48.6 Å². The molecule has 3 atom stereocenters. The van der Waals surface area contributed by atoms with E-state index in [-0.39, 0.29) is 19.4 Å². The SMILES string of the molecule is CC/C=C/C=C/C=C/C=C/CCCCCC(=O)OC(COC(=O)CC/C=C/CCCCCC)COP(=O)(O)OC[C@@H](O)CO. The molecular formula is C33H55O10P. The number of carbonyl (C=O) groups is 2. The zero-order chi connectivity index (χ0) is 32.7. The van der Waals surface area contributed by atoms with E-state index in [1.54, 1.807) is 0 Å². The van der Waals surface area contributed by atoms with Gasteiger partial charge in [-0.15, -0.1) is 0 Å². The Bertz CT molecular complexity index is 926. The molecule has 10 nitrogen and oxygen atoms in total. The Balaban J connectivity index is 4.61. The zero-order valence-corrected chi connectivity index (χ0v) is 27.5. The third kappa shape index (κ3) is 28.4.